The average molecular weight is 460 g/mol. The maximum Gasteiger partial charge on any atom is 0.226 e. The topological polar surface area (TPSA) is 58.4 Å². The van der Waals surface area contributed by atoms with Gasteiger partial charge in [-0.15, -0.1) is 0 Å². The van der Waals surface area contributed by atoms with Gasteiger partial charge >= 0.3 is 0 Å². The van der Waals surface area contributed by atoms with Crippen LogP contribution in [0.4, 0.5) is 0 Å². The fourth-order valence-electron chi connectivity index (χ4n) is 4.45. The summed E-state index contributed by atoms with van der Waals surface area (Å²) in [7, 11) is 0. The van der Waals surface area contributed by atoms with Crippen LogP contribution in [0.2, 0.25) is 0 Å². The first-order valence-electron chi connectivity index (χ1n) is 10.8. The maximum atomic E-state index is 12.6. The highest BCUT2D eigenvalue weighted by atomic mass is 79.9. The molecule has 1 aromatic carbocycles. The van der Waals surface area contributed by atoms with Gasteiger partial charge in [0.2, 0.25) is 11.8 Å². The number of nitrogens with one attached hydrogen (secondary N) is 1. The molecule has 0 bridgehead atoms. The van der Waals surface area contributed by atoms with E-state index >= 15 is 0 Å². The summed E-state index contributed by atoms with van der Waals surface area (Å²) < 4.78 is 6.93. The van der Waals surface area contributed by atoms with E-state index in [1.165, 1.54) is 19.3 Å². The van der Waals surface area contributed by atoms with E-state index in [-0.39, 0.29) is 11.8 Å². The molecule has 1 aromatic heterocycles. The summed E-state index contributed by atoms with van der Waals surface area (Å²) in [6.07, 6.45) is 7.97. The Kier molecular flexibility index (Phi) is 6.70. The van der Waals surface area contributed by atoms with Gasteiger partial charge in [-0.05, 0) is 63.9 Å². The monoisotopic (exact) mass is 459 g/mol. The summed E-state index contributed by atoms with van der Waals surface area (Å²) in [6.45, 7) is 4.62. The summed E-state index contributed by atoms with van der Waals surface area (Å²) in [4.78, 5) is 19.7. The smallest absolute Gasteiger partial charge is 0.226 e. The Bertz CT molecular complexity index is 836. The van der Waals surface area contributed by atoms with Gasteiger partial charge in [-0.25, -0.2) is 4.98 Å². The molecule has 0 atom stereocenters. The van der Waals surface area contributed by atoms with Crippen molar-refractivity contribution in [3.63, 3.8) is 0 Å². The zero-order chi connectivity index (χ0) is 20.2. The Labute approximate surface area is 181 Å². The van der Waals surface area contributed by atoms with Crippen LogP contribution in [0.15, 0.2) is 33.2 Å². The molecule has 156 valence electrons. The summed E-state index contributed by atoms with van der Waals surface area (Å²) in [5.41, 5.74) is 1.97. The fourth-order valence-corrected chi connectivity index (χ4v) is 4.85. The zero-order valence-corrected chi connectivity index (χ0v) is 18.7. The highest BCUT2D eigenvalue weighted by Crippen LogP contribution is 2.27. The second-order valence-electron chi connectivity index (χ2n) is 8.43. The van der Waals surface area contributed by atoms with Gasteiger partial charge in [-0.1, -0.05) is 41.3 Å². The molecule has 1 saturated heterocycles. The number of halogens is 1. The number of rotatable bonds is 5. The van der Waals surface area contributed by atoms with Gasteiger partial charge in [0.1, 0.15) is 5.76 Å². The molecule has 2 heterocycles. The van der Waals surface area contributed by atoms with Crippen LogP contribution in [0.25, 0.3) is 11.5 Å². The van der Waals surface area contributed by atoms with E-state index < -0.39 is 0 Å². The Hall–Kier alpha value is -1.66. The summed E-state index contributed by atoms with van der Waals surface area (Å²) in [6, 6.07) is 8.42. The number of carbonyl (C=O) groups is 1. The minimum Gasteiger partial charge on any atom is -0.441 e. The molecule has 0 unspecified atom stereocenters. The zero-order valence-electron chi connectivity index (χ0n) is 17.1. The quantitative estimate of drug-likeness (QED) is 0.677. The van der Waals surface area contributed by atoms with Crippen LogP contribution in [0.1, 0.15) is 56.4 Å². The molecule has 2 fully saturated rings. The molecule has 1 aliphatic carbocycles. The third kappa shape index (κ3) is 5.28. The standard InChI is InChI=1S/C23H30BrN3O2/c1-16-21(26-23(29-16)18-6-5-7-19(24)14-18)15-27-12-10-17(11-13-27)22(28)25-20-8-3-2-4-9-20/h5-7,14,17,20H,2-4,8-13,15H2,1H3,(H,25,28). The third-order valence-electron chi connectivity index (χ3n) is 6.25. The minimum absolute atomic E-state index is 0.156. The molecule has 1 aliphatic heterocycles. The molecule has 4 rings (SSSR count). The molecule has 0 radical (unpaired) electrons. The van der Waals surface area contributed by atoms with Crippen LogP contribution in [0.5, 0.6) is 0 Å². The van der Waals surface area contributed by atoms with E-state index in [4.69, 9.17) is 9.40 Å². The van der Waals surface area contributed by atoms with Gasteiger partial charge in [0.05, 0.1) is 5.69 Å². The number of piperidine rings is 1. The lowest BCUT2D eigenvalue weighted by Crippen LogP contribution is -2.44. The fraction of sp³-hybridized carbons (Fsp3) is 0.565. The van der Waals surface area contributed by atoms with E-state index in [9.17, 15) is 4.79 Å². The molecule has 0 spiro atoms. The molecule has 1 N–H and O–H groups in total. The number of amides is 1. The Morgan fingerprint density at radius 2 is 1.97 bits per heavy atom. The van der Waals surface area contributed by atoms with Crippen molar-refractivity contribution >= 4 is 21.8 Å². The lowest BCUT2D eigenvalue weighted by molar-refractivity contribution is -0.127. The molecule has 2 aliphatic rings. The van der Waals surface area contributed by atoms with Crippen molar-refractivity contribution < 1.29 is 9.21 Å². The molecular weight excluding hydrogens is 430 g/mol. The number of hydrogen-bond donors (Lipinski definition) is 1. The number of carbonyl (C=O) groups excluding carboxylic acids is 1. The van der Waals surface area contributed by atoms with Gasteiger partial charge in [-0.3, -0.25) is 9.69 Å². The van der Waals surface area contributed by atoms with Crippen LogP contribution in [-0.2, 0) is 11.3 Å². The average Bonchev–Trinajstić information content (AvgIpc) is 3.10. The number of nitrogens with zero attached hydrogens (tertiary/aromatic N) is 2. The van der Waals surface area contributed by atoms with Crippen LogP contribution in [0.3, 0.4) is 0 Å². The first kappa shape index (κ1) is 20.6. The number of aryl methyl sites for hydroxylation is 1. The van der Waals surface area contributed by atoms with Crippen molar-refractivity contribution in [2.24, 2.45) is 5.92 Å². The SMILES string of the molecule is Cc1oc(-c2cccc(Br)c2)nc1CN1CCC(C(=O)NC2CCCCC2)CC1. The normalized spacial score (nSPS) is 19.4. The number of aromatic nitrogens is 1. The van der Waals surface area contributed by atoms with Crippen molar-refractivity contribution in [1.82, 2.24) is 15.2 Å². The molecule has 6 heteroatoms. The molecule has 2 aromatic rings. The third-order valence-corrected chi connectivity index (χ3v) is 6.74. The predicted octanol–water partition coefficient (Wildman–Crippen LogP) is 5.07. The van der Waals surface area contributed by atoms with Crippen molar-refractivity contribution in [3.8, 4) is 11.5 Å². The van der Waals surface area contributed by atoms with Gasteiger partial charge in [0.25, 0.3) is 0 Å². The largest absolute Gasteiger partial charge is 0.441 e. The highest BCUT2D eigenvalue weighted by Gasteiger charge is 2.27. The second-order valence-corrected chi connectivity index (χ2v) is 9.34. The van der Waals surface area contributed by atoms with Gasteiger partial charge in [0, 0.05) is 28.5 Å². The van der Waals surface area contributed by atoms with Gasteiger partial charge < -0.3 is 9.73 Å². The van der Waals surface area contributed by atoms with Crippen molar-refractivity contribution in [3.05, 3.63) is 40.2 Å². The number of hydrogen-bond acceptors (Lipinski definition) is 4. The van der Waals surface area contributed by atoms with Crippen molar-refractivity contribution in [1.29, 1.82) is 0 Å². The Morgan fingerprint density at radius 3 is 2.69 bits per heavy atom. The Morgan fingerprint density at radius 1 is 1.21 bits per heavy atom. The number of benzene rings is 1. The van der Waals surface area contributed by atoms with E-state index in [1.807, 2.05) is 31.2 Å². The number of likely N-dealkylation sites (tertiary alicyclic amines) is 1. The number of oxazole rings is 1. The van der Waals surface area contributed by atoms with Crippen LogP contribution in [0, 0.1) is 12.8 Å². The lowest BCUT2D eigenvalue weighted by atomic mass is 9.92. The lowest BCUT2D eigenvalue weighted by Gasteiger charge is -2.32. The van der Waals surface area contributed by atoms with Crippen LogP contribution in [-0.4, -0.2) is 34.9 Å². The van der Waals surface area contributed by atoms with Gasteiger partial charge in [0.15, 0.2) is 0 Å². The van der Waals surface area contributed by atoms with Crippen LogP contribution >= 0.6 is 15.9 Å². The highest BCUT2D eigenvalue weighted by molar-refractivity contribution is 9.10. The molecule has 1 saturated carbocycles. The first-order chi connectivity index (χ1) is 14.1. The summed E-state index contributed by atoms with van der Waals surface area (Å²) in [5.74, 6) is 1.97. The molecule has 1 amide bonds. The van der Waals surface area contributed by atoms with Crippen LogP contribution < -0.4 is 5.32 Å². The Balaban J connectivity index is 1.30. The molecule has 5 nitrogen and oxygen atoms in total. The molecular formula is C23H30BrN3O2. The van der Waals surface area contributed by atoms with Crippen molar-refractivity contribution in [2.45, 2.75) is 64.5 Å². The van der Waals surface area contributed by atoms with E-state index in [2.05, 4.69) is 26.1 Å². The van der Waals surface area contributed by atoms with Crippen molar-refractivity contribution in [2.75, 3.05) is 13.1 Å². The minimum atomic E-state index is 0.156. The second kappa shape index (κ2) is 9.43. The maximum absolute atomic E-state index is 12.6. The van der Waals surface area contributed by atoms with E-state index in [0.717, 1.165) is 66.8 Å². The predicted molar refractivity (Wildman–Crippen MR) is 117 cm³/mol. The summed E-state index contributed by atoms with van der Waals surface area (Å²) >= 11 is 3.50. The summed E-state index contributed by atoms with van der Waals surface area (Å²) in [5, 5.41) is 3.30. The molecule has 29 heavy (non-hydrogen) atoms. The van der Waals surface area contributed by atoms with E-state index in [0.29, 0.717) is 11.9 Å². The first-order valence-corrected chi connectivity index (χ1v) is 11.6. The van der Waals surface area contributed by atoms with Gasteiger partial charge in [-0.2, -0.15) is 0 Å². The van der Waals surface area contributed by atoms with E-state index in [1.54, 1.807) is 0 Å².